The van der Waals surface area contributed by atoms with Crippen LogP contribution < -0.4 is 0 Å². The summed E-state index contributed by atoms with van der Waals surface area (Å²) in [6.45, 7) is 1.83. The fraction of sp³-hybridized carbons (Fsp3) is 0.333. The first-order valence-corrected chi connectivity index (χ1v) is 10.5. The molecule has 0 N–H and O–H groups in total. The summed E-state index contributed by atoms with van der Waals surface area (Å²) in [7, 11) is 1.87. The Hall–Kier alpha value is -3.28. The van der Waals surface area contributed by atoms with E-state index in [4.69, 9.17) is 4.42 Å². The first kappa shape index (κ1) is 20.0. The van der Waals surface area contributed by atoms with Gasteiger partial charge in [-0.3, -0.25) is 0 Å². The highest BCUT2D eigenvalue weighted by atomic mass is 16.4. The molecule has 0 bridgehead atoms. The maximum Gasteiger partial charge on any atom is 0.216 e. The fourth-order valence-electron chi connectivity index (χ4n) is 3.66. The first-order valence-electron chi connectivity index (χ1n) is 10.5. The van der Waals surface area contributed by atoms with Gasteiger partial charge in [0, 0.05) is 31.5 Å². The highest BCUT2D eigenvalue weighted by Gasteiger charge is 2.14. The van der Waals surface area contributed by atoms with Crippen LogP contribution in [0.1, 0.15) is 43.0 Å². The van der Waals surface area contributed by atoms with E-state index in [0.29, 0.717) is 5.89 Å². The van der Waals surface area contributed by atoms with Gasteiger partial charge in [0.2, 0.25) is 11.8 Å². The molecule has 2 aromatic heterocycles. The van der Waals surface area contributed by atoms with E-state index in [0.717, 1.165) is 47.7 Å². The van der Waals surface area contributed by atoms with E-state index >= 15 is 0 Å². The first-order chi connectivity index (χ1) is 14.7. The van der Waals surface area contributed by atoms with Crippen molar-refractivity contribution in [3.63, 3.8) is 0 Å². The molecule has 0 fully saturated rings. The molecule has 0 unspecified atom stereocenters. The van der Waals surface area contributed by atoms with Gasteiger partial charge in [0.05, 0.1) is 0 Å². The van der Waals surface area contributed by atoms with E-state index in [1.807, 2.05) is 32.2 Å². The lowest BCUT2D eigenvalue weighted by Gasteiger charge is -2.05. The summed E-state index contributed by atoms with van der Waals surface area (Å²) in [5.41, 5.74) is 5.39. The molecule has 154 valence electrons. The second-order valence-electron chi connectivity index (χ2n) is 7.58. The van der Waals surface area contributed by atoms with E-state index in [9.17, 15) is 0 Å². The molecule has 4 aromatic rings. The van der Waals surface area contributed by atoms with Gasteiger partial charge >= 0.3 is 0 Å². The smallest absolute Gasteiger partial charge is 0.216 e. The van der Waals surface area contributed by atoms with Gasteiger partial charge in [-0.2, -0.15) is 15.0 Å². The highest BCUT2D eigenvalue weighted by Crippen LogP contribution is 2.29. The van der Waals surface area contributed by atoms with Crippen molar-refractivity contribution >= 4 is 0 Å². The number of aromatic nitrogens is 5. The number of benzene rings is 2. The van der Waals surface area contributed by atoms with Crippen molar-refractivity contribution in [2.75, 3.05) is 0 Å². The van der Waals surface area contributed by atoms with Crippen LogP contribution in [0, 0.1) is 6.92 Å². The molecule has 0 radical (unpaired) electrons. The summed E-state index contributed by atoms with van der Waals surface area (Å²) in [6, 6.07) is 18.9. The van der Waals surface area contributed by atoms with Crippen molar-refractivity contribution in [2.24, 2.45) is 7.05 Å². The maximum atomic E-state index is 5.42. The van der Waals surface area contributed by atoms with Crippen LogP contribution in [0.2, 0.25) is 0 Å². The van der Waals surface area contributed by atoms with Gasteiger partial charge in [-0.15, -0.1) is 10.2 Å². The lowest BCUT2D eigenvalue weighted by atomic mass is 10.00. The van der Waals surface area contributed by atoms with Crippen LogP contribution in [0.15, 0.2) is 59.0 Å². The Morgan fingerprint density at radius 2 is 1.47 bits per heavy atom. The van der Waals surface area contributed by atoms with Crippen LogP contribution in [-0.2, 0) is 19.9 Å². The van der Waals surface area contributed by atoms with Crippen LogP contribution in [0.25, 0.3) is 22.5 Å². The second-order valence-corrected chi connectivity index (χ2v) is 7.58. The molecule has 0 amide bonds. The molecule has 2 aromatic carbocycles. The van der Waals surface area contributed by atoms with E-state index in [1.54, 1.807) is 4.80 Å². The number of rotatable bonds is 9. The average molecular weight is 402 g/mol. The molecule has 0 aliphatic carbocycles. The molecule has 2 heterocycles. The Morgan fingerprint density at radius 3 is 2.20 bits per heavy atom. The average Bonchev–Trinajstić information content (AvgIpc) is 3.37. The molecule has 0 atom stereocenters. The van der Waals surface area contributed by atoms with Crippen LogP contribution >= 0.6 is 0 Å². The number of unbranched alkanes of at least 4 members (excludes halogenated alkanes) is 3. The van der Waals surface area contributed by atoms with Crippen molar-refractivity contribution in [3.8, 4) is 22.5 Å². The predicted molar refractivity (Wildman–Crippen MR) is 117 cm³/mol. The molecule has 0 aliphatic rings. The molecule has 0 saturated carbocycles. The number of hydrogen-bond donors (Lipinski definition) is 0. The Morgan fingerprint density at radius 1 is 0.767 bits per heavy atom. The van der Waals surface area contributed by atoms with E-state index in [1.165, 1.54) is 24.8 Å². The summed E-state index contributed by atoms with van der Waals surface area (Å²) < 4.78 is 5.42. The van der Waals surface area contributed by atoms with Gasteiger partial charge in [-0.1, -0.05) is 61.4 Å². The zero-order valence-corrected chi connectivity index (χ0v) is 17.6. The minimum atomic E-state index is 0.642. The molecular weight excluding hydrogens is 374 g/mol. The largest absolute Gasteiger partial charge is 0.426 e. The normalized spacial score (nSPS) is 11.1. The van der Waals surface area contributed by atoms with Crippen LogP contribution in [0.3, 0.4) is 0 Å². The Bertz CT molecular complexity index is 1080. The van der Waals surface area contributed by atoms with Gasteiger partial charge in [-0.25, -0.2) is 0 Å². The minimum absolute atomic E-state index is 0.642. The highest BCUT2D eigenvalue weighted by molar-refractivity contribution is 5.77. The SMILES string of the molecule is Cc1nnc(CCCCCCc2cccc(-c3nn(C)nc3-c3ccccc3)c2)o1. The van der Waals surface area contributed by atoms with Gasteiger partial charge < -0.3 is 4.42 Å². The molecule has 30 heavy (non-hydrogen) atoms. The molecule has 0 saturated heterocycles. The third kappa shape index (κ3) is 5.00. The van der Waals surface area contributed by atoms with Crippen LogP contribution in [0.5, 0.6) is 0 Å². The zero-order chi connectivity index (χ0) is 20.8. The van der Waals surface area contributed by atoms with Crippen molar-refractivity contribution in [1.82, 2.24) is 25.2 Å². The molecule has 6 heteroatoms. The zero-order valence-electron chi connectivity index (χ0n) is 17.6. The summed E-state index contributed by atoms with van der Waals surface area (Å²) in [5.74, 6) is 1.39. The molecule has 6 nitrogen and oxygen atoms in total. The third-order valence-electron chi connectivity index (χ3n) is 5.14. The second kappa shape index (κ2) is 9.48. The Labute approximate surface area is 177 Å². The molecule has 4 rings (SSSR count). The minimum Gasteiger partial charge on any atom is -0.426 e. The van der Waals surface area contributed by atoms with Crippen molar-refractivity contribution in [2.45, 2.75) is 45.4 Å². The maximum absolute atomic E-state index is 5.42. The molecule has 0 aliphatic heterocycles. The number of hydrogen-bond acceptors (Lipinski definition) is 5. The predicted octanol–water partition coefficient (Wildman–Crippen LogP) is 5.19. The summed E-state index contributed by atoms with van der Waals surface area (Å²) in [6.07, 6.45) is 6.54. The van der Waals surface area contributed by atoms with E-state index < -0.39 is 0 Å². The van der Waals surface area contributed by atoms with Crippen molar-refractivity contribution in [1.29, 1.82) is 0 Å². The summed E-state index contributed by atoms with van der Waals surface area (Å²) in [5, 5.41) is 17.2. The van der Waals surface area contributed by atoms with Crippen molar-refractivity contribution < 1.29 is 4.42 Å². The quantitative estimate of drug-likeness (QED) is 0.361. The van der Waals surface area contributed by atoms with E-state index in [-0.39, 0.29) is 0 Å². The van der Waals surface area contributed by atoms with Gasteiger partial charge in [0.25, 0.3) is 0 Å². The van der Waals surface area contributed by atoms with Crippen LogP contribution in [-0.4, -0.2) is 25.2 Å². The topological polar surface area (TPSA) is 69.6 Å². The monoisotopic (exact) mass is 401 g/mol. The Balaban J connectivity index is 1.34. The molecular formula is C24H27N5O. The number of nitrogens with zero attached hydrogens (tertiary/aromatic N) is 5. The lowest BCUT2D eigenvalue weighted by molar-refractivity contribution is 0.456. The van der Waals surface area contributed by atoms with Crippen molar-refractivity contribution in [3.05, 3.63) is 71.9 Å². The van der Waals surface area contributed by atoms with E-state index in [2.05, 4.69) is 56.8 Å². The lowest BCUT2D eigenvalue weighted by Crippen LogP contribution is -1.92. The standard InChI is InChI=1S/C24H27N5O/c1-18-25-26-22(30-18)16-9-4-3-6-11-19-12-10-15-21(17-19)24-23(27-29(2)28-24)20-13-7-5-8-14-20/h5,7-8,10,12-15,17H,3-4,6,9,11,16H2,1-2H3. The molecule has 0 spiro atoms. The fourth-order valence-corrected chi connectivity index (χ4v) is 3.66. The van der Waals surface area contributed by atoms with Gasteiger partial charge in [0.1, 0.15) is 11.4 Å². The Kier molecular flexibility index (Phi) is 6.32. The van der Waals surface area contributed by atoms with Crippen LogP contribution in [0.4, 0.5) is 0 Å². The summed E-state index contributed by atoms with van der Waals surface area (Å²) in [4.78, 5) is 1.65. The summed E-state index contributed by atoms with van der Waals surface area (Å²) >= 11 is 0. The third-order valence-corrected chi connectivity index (χ3v) is 5.14. The van der Waals surface area contributed by atoms with Gasteiger partial charge in [0.15, 0.2) is 0 Å². The number of aryl methyl sites for hydroxylation is 4. The van der Waals surface area contributed by atoms with Gasteiger partial charge in [-0.05, 0) is 30.9 Å².